The van der Waals surface area contributed by atoms with Crippen LogP contribution in [0, 0.1) is 5.41 Å². The Kier molecular flexibility index (Phi) is 7.21. The third-order valence-electron chi connectivity index (χ3n) is 3.74. The average Bonchev–Trinajstić information content (AvgIpc) is 2.47. The molecule has 3 nitrogen and oxygen atoms in total. The van der Waals surface area contributed by atoms with Gasteiger partial charge in [0.2, 0.25) is 0 Å². The van der Waals surface area contributed by atoms with E-state index in [2.05, 4.69) is 29.8 Å². The Labute approximate surface area is 137 Å². The molecule has 1 rings (SSSR count). The molecule has 0 unspecified atom stereocenters. The van der Waals surface area contributed by atoms with Gasteiger partial charge in [-0.05, 0) is 30.4 Å². The quantitative estimate of drug-likeness (QED) is 0.597. The molecule has 0 amide bonds. The summed E-state index contributed by atoms with van der Waals surface area (Å²) in [6, 6.07) is 6.85. The summed E-state index contributed by atoms with van der Waals surface area (Å²) in [4.78, 5) is 0.296. The van der Waals surface area contributed by atoms with Gasteiger partial charge >= 0.3 is 0 Å². The molecule has 0 bridgehead atoms. The van der Waals surface area contributed by atoms with E-state index in [1.807, 2.05) is 0 Å². The molecule has 0 spiro atoms. The van der Waals surface area contributed by atoms with Crippen molar-refractivity contribution in [1.29, 1.82) is 0 Å². The number of ether oxygens (including phenoxy) is 1. The average molecular weight is 377 g/mol. The van der Waals surface area contributed by atoms with Crippen LogP contribution in [0.5, 0.6) is 5.75 Å². The van der Waals surface area contributed by atoms with Gasteiger partial charge in [-0.3, -0.25) is 0 Å². The number of benzene rings is 1. The van der Waals surface area contributed by atoms with Gasteiger partial charge in [0.15, 0.2) is 9.84 Å². The molecule has 0 aromatic heterocycles. The largest absolute Gasteiger partial charge is 0.495 e. The fourth-order valence-corrected chi connectivity index (χ4v) is 5.98. The highest BCUT2D eigenvalue weighted by Gasteiger charge is 2.35. The van der Waals surface area contributed by atoms with Crippen molar-refractivity contribution in [3.8, 4) is 5.75 Å². The molecule has 0 atom stereocenters. The Morgan fingerprint density at radius 3 is 2.19 bits per heavy atom. The maximum absolute atomic E-state index is 12.8. The molecule has 0 aliphatic heterocycles. The first kappa shape index (κ1) is 18.5. The van der Waals surface area contributed by atoms with Crippen LogP contribution in [0.15, 0.2) is 29.2 Å². The van der Waals surface area contributed by atoms with Gasteiger partial charge in [-0.15, -0.1) is 0 Å². The van der Waals surface area contributed by atoms with Crippen LogP contribution in [-0.4, -0.2) is 26.6 Å². The van der Waals surface area contributed by atoms with E-state index in [4.69, 9.17) is 4.74 Å². The monoisotopic (exact) mass is 376 g/mol. The first-order chi connectivity index (χ1) is 9.94. The minimum atomic E-state index is -3.37. The van der Waals surface area contributed by atoms with E-state index >= 15 is 0 Å². The van der Waals surface area contributed by atoms with E-state index in [-0.39, 0.29) is 11.2 Å². The van der Waals surface area contributed by atoms with Crippen LogP contribution in [0.25, 0.3) is 0 Å². The minimum Gasteiger partial charge on any atom is -0.495 e. The lowest BCUT2D eigenvalue weighted by atomic mass is 9.83. The summed E-state index contributed by atoms with van der Waals surface area (Å²) in [6.45, 7) is 4.20. The van der Waals surface area contributed by atoms with Gasteiger partial charge < -0.3 is 4.74 Å². The van der Waals surface area contributed by atoms with Crippen molar-refractivity contribution in [3.63, 3.8) is 0 Å². The maximum Gasteiger partial charge on any atom is 0.182 e. The second-order valence-electron chi connectivity index (χ2n) is 5.54. The van der Waals surface area contributed by atoms with E-state index in [9.17, 15) is 8.42 Å². The molecule has 0 saturated carbocycles. The molecule has 0 heterocycles. The summed E-state index contributed by atoms with van der Waals surface area (Å²) in [5.41, 5.74) is -0.205. The zero-order valence-corrected chi connectivity index (χ0v) is 15.5. The van der Waals surface area contributed by atoms with Crippen LogP contribution in [0.4, 0.5) is 0 Å². The van der Waals surface area contributed by atoms with Gasteiger partial charge in [-0.1, -0.05) is 54.8 Å². The summed E-state index contributed by atoms with van der Waals surface area (Å²) in [6.07, 6.45) is 3.76. The molecule has 0 radical (unpaired) electrons. The molecular formula is C16H25BrO3S. The highest BCUT2D eigenvalue weighted by molar-refractivity contribution is 9.09. The molecule has 0 fully saturated rings. The number of halogens is 1. The van der Waals surface area contributed by atoms with Gasteiger partial charge in [0.05, 0.1) is 12.9 Å². The standard InChI is InChI=1S/C16H25BrO3S/c1-4-10-16(12-17,11-5-2)13-21(18,19)15-9-7-6-8-14(15)20-3/h6-9H,4-5,10-13H2,1-3H3. The molecule has 0 saturated heterocycles. The minimum absolute atomic E-state index is 0.160. The predicted molar refractivity (Wildman–Crippen MR) is 91.1 cm³/mol. The lowest BCUT2D eigenvalue weighted by Crippen LogP contribution is -2.32. The second kappa shape index (κ2) is 8.18. The van der Waals surface area contributed by atoms with E-state index in [1.54, 1.807) is 24.3 Å². The van der Waals surface area contributed by atoms with Crippen molar-refractivity contribution >= 4 is 25.8 Å². The first-order valence-electron chi connectivity index (χ1n) is 7.36. The van der Waals surface area contributed by atoms with Crippen molar-refractivity contribution in [2.75, 3.05) is 18.2 Å². The van der Waals surface area contributed by atoms with Gasteiger partial charge in [0.25, 0.3) is 0 Å². The summed E-state index contributed by atoms with van der Waals surface area (Å²) in [7, 11) is -1.87. The van der Waals surface area contributed by atoms with Crippen molar-refractivity contribution in [2.45, 2.75) is 44.4 Å². The van der Waals surface area contributed by atoms with Crippen LogP contribution in [0.2, 0.25) is 0 Å². The molecule has 21 heavy (non-hydrogen) atoms. The summed E-state index contributed by atoms with van der Waals surface area (Å²) < 4.78 is 30.9. The molecule has 120 valence electrons. The van der Waals surface area contributed by atoms with Crippen LogP contribution < -0.4 is 4.74 Å². The van der Waals surface area contributed by atoms with E-state index in [0.717, 1.165) is 25.7 Å². The molecule has 0 N–H and O–H groups in total. The normalized spacial score (nSPS) is 12.4. The molecule has 5 heteroatoms. The third-order valence-corrected chi connectivity index (χ3v) is 6.93. The number of hydrogen-bond donors (Lipinski definition) is 0. The molecule has 1 aromatic rings. The number of alkyl halides is 1. The van der Waals surface area contributed by atoms with Crippen molar-refractivity contribution in [1.82, 2.24) is 0 Å². The van der Waals surface area contributed by atoms with Crippen LogP contribution in [-0.2, 0) is 9.84 Å². The van der Waals surface area contributed by atoms with Gasteiger partial charge in [-0.2, -0.15) is 0 Å². The number of methoxy groups -OCH3 is 1. The van der Waals surface area contributed by atoms with Gasteiger partial charge in [0, 0.05) is 5.33 Å². The summed E-state index contributed by atoms with van der Waals surface area (Å²) >= 11 is 3.54. The van der Waals surface area contributed by atoms with E-state index in [1.165, 1.54) is 7.11 Å². The molecule has 0 aliphatic rings. The van der Waals surface area contributed by atoms with Crippen molar-refractivity contribution in [3.05, 3.63) is 24.3 Å². The fourth-order valence-electron chi connectivity index (χ4n) is 2.86. The highest BCUT2D eigenvalue weighted by atomic mass is 79.9. The lowest BCUT2D eigenvalue weighted by molar-refractivity contribution is 0.313. The Hall–Kier alpha value is -0.550. The van der Waals surface area contributed by atoms with Gasteiger partial charge in [-0.25, -0.2) is 8.42 Å². The second-order valence-corrected chi connectivity index (χ2v) is 8.06. The Morgan fingerprint density at radius 1 is 1.14 bits per heavy atom. The van der Waals surface area contributed by atoms with E-state index < -0.39 is 9.84 Å². The zero-order valence-electron chi connectivity index (χ0n) is 13.1. The topological polar surface area (TPSA) is 43.4 Å². The number of rotatable bonds is 9. The SMILES string of the molecule is CCCC(CBr)(CCC)CS(=O)(=O)c1ccccc1OC. The first-order valence-corrected chi connectivity index (χ1v) is 10.1. The van der Waals surface area contributed by atoms with Crippen molar-refractivity contribution in [2.24, 2.45) is 5.41 Å². The van der Waals surface area contributed by atoms with Crippen LogP contribution in [0.1, 0.15) is 39.5 Å². The van der Waals surface area contributed by atoms with Crippen LogP contribution >= 0.6 is 15.9 Å². The highest BCUT2D eigenvalue weighted by Crippen LogP contribution is 2.37. The maximum atomic E-state index is 12.8. The van der Waals surface area contributed by atoms with Crippen LogP contribution in [0.3, 0.4) is 0 Å². The van der Waals surface area contributed by atoms with Crippen molar-refractivity contribution < 1.29 is 13.2 Å². The molecule has 0 aliphatic carbocycles. The van der Waals surface area contributed by atoms with E-state index in [0.29, 0.717) is 16.0 Å². The Balaban J connectivity index is 3.17. The third kappa shape index (κ3) is 4.71. The number of para-hydroxylation sites is 1. The summed E-state index contributed by atoms with van der Waals surface area (Å²) in [5, 5.41) is 0.704. The predicted octanol–water partition coefficient (Wildman–Crippen LogP) is 4.45. The molecular weight excluding hydrogens is 352 g/mol. The Bertz CT molecular complexity index is 534. The lowest BCUT2D eigenvalue weighted by Gasteiger charge is -2.31. The smallest absolute Gasteiger partial charge is 0.182 e. The molecule has 1 aromatic carbocycles. The van der Waals surface area contributed by atoms with Gasteiger partial charge in [0.1, 0.15) is 10.6 Å². The number of sulfone groups is 1. The Morgan fingerprint density at radius 2 is 1.71 bits per heavy atom. The fraction of sp³-hybridized carbons (Fsp3) is 0.625. The zero-order chi connectivity index (χ0) is 15.9. The number of hydrogen-bond acceptors (Lipinski definition) is 3. The summed E-state index contributed by atoms with van der Waals surface area (Å²) in [5.74, 6) is 0.585.